The lowest BCUT2D eigenvalue weighted by atomic mass is 9.98. The van der Waals surface area contributed by atoms with Gasteiger partial charge in [0, 0.05) is 24.2 Å². The van der Waals surface area contributed by atoms with Gasteiger partial charge in [0.05, 0.1) is 12.1 Å². The number of hydrogen-bond donors (Lipinski definition) is 1. The molecule has 1 aromatic carbocycles. The maximum atomic E-state index is 6.56. The largest absolute Gasteiger partial charge is 0.495 e. The highest BCUT2D eigenvalue weighted by atomic mass is 35.5. The minimum Gasteiger partial charge on any atom is -0.495 e. The summed E-state index contributed by atoms with van der Waals surface area (Å²) in [5.74, 6) is 2.56. The maximum Gasteiger partial charge on any atom is 0.167 e. The van der Waals surface area contributed by atoms with Crippen LogP contribution in [0.2, 0.25) is 5.02 Å². The van der Waals surface area contributed by atoms with Crippen molar-refractivity contribution in [3.63, 3.8) is 0 Å². The normalized spacial score (nSPS) is 25.1. The molecule has 0 aliphatic carbocycles. The first kappa shape index (κ1) is 14.8. The molecule has 2 aliphatic heterocycles. The van der Waals surface area contributed by atoms with Crippen molar-refractivity contribution in [1.29, 1.82) is 0 Å². The molecule has 0 saturated carbocycles. The van der Waals surface area contributed by atoms with Crippen LogP contribution in [0.3, 0.4) is 0 Å². The Labute approximate surface area is 129 Å². The zero-order valence-corrected chi connectivity index (χ0v) is 13.2. The predicted octanol–water partition coefficient (Wildman–Crippen LogP) is 2.07. The Hall–Kier alpha value is -1.17. The fourth-order valence-corrected chi connectivity index (χ4v) is 3.57. The van der Waals surface area contributed by atoms with Gasteiger partial charge in [-0.05, 0) is 25.9 Å². The van der Waals surface area contributed by atoms with Gasteiger partial charge < -0.3 is 19.9 Å². The van der Waals surface area contributed by atoms with E-state index in [1.54, 1.807) is 13.2 Å². The number of hydrogen-bond acceptors (Lipinski definition) is 5. The number of ether oxygens (including phenoxy) is 3. The third kappa shape index (κ3) is 2.54. The fourth-order valence-electron chi connectivity index (χ4n) is 3.22. The van der Waals surface area contributed by atoms with Crippen LogP contribution in [0.25, 0.3) is 0 Å². The topological polar surface area (TPSA) is 57.0 Å². The standard InChI is InChI=1S/C15H21ClN2O3/c1-18-8-9(7-17)5-10(18)13-14(16)11(19-2)6-12-15(13)21-4-3-20-12/h6,9-10H,3-5,7-8,17H2,1-2H3. The van der Waals surface area contributed by atoms with Crippen molar-refractivity contribution in [2.45, 2.75) is 12.5 Å². The number of methoxy groups -OCH3 is 1. The second kappa shape index (κ2) is 5.91. The summed E-state index contributed by atoms with van der Waals surface area (Å²) in [5, 5.41) is 0.608. The van der Waals surface area contributed by atoms with Gasteiger partial charge in [0.1, 0.15) is 19.0 Å². The molecule has 0 amide bonds. The van der Waals surface area contributed by atoms with Crippen LogP contribution in [-0.4, -0.2) is 45.4 Å². The molecule has 0 spiro atoms. The zero-order chi connectivity index (χ0) is 15.0. The Kier molecular flexibility index (Phi) is 4.15. The van der Waals surface area contributed by atoms with E-state index < -0.39 is 0 Å². The Morgan fingerprint density at radius 2 is 2.19 bits per heavy atom. The van der Waals surface area contributed by atoms with Crippen LogP contribution in [-0.2, 0) is 0 Å². The number of fused-ring (bicyclic) bond motifs is 1. The summed E-state index contributed by atoms with van der Waals surface area (Å²) in [6.07, 6.45) is 0.968. The molecule has 2 heterocycles. The molecule has 21 heavy (non-hydrogen) atoms. The average Bonchev–Trinajstić information content (AvgIpc) is 2.87. The number of benzene rings is 1. The van der Waals surface area contributed by atoms with E-state index in [1.165, 1.54) is 0 Å². The van der Waals surface area contributed by atoms with Crippen molar-refractivity contribution in [3.05, 3.63) is 16.7 Å². The van der Waals surface area contributed by atoms with Crippen LogP contribution in [0.15, 0.2) is 6.07 Å². The smallest absolute Gasteiger partial charge is 0.167 e. The average molecular weight is 313 g/mol. The third-order valence-corrected chi connectivity index (χ3v) is 4.68. The minimum absolute atomic E-state index is 0.177. The lowest BCUT2D eigenvalue weighted by molar-refractivity contribution is 0.165. The first-order chi connectivity index (χ1) is 10.2. The molecular weight excluding hydrogens is 292 g/mol. The summed E-state index contributed by atoms with van der Waals surface area (Å²) in [5.41, 5.74) is 6.79. The first-order valence-electron chi connectivity index (χ1n) is 7.22. The lowest BCUT2D eigenvalue weighted by Crippen LogP contribution is -2.23. The van der Waals surface area contributed by atoms with Crippen molar-refractivity contribution in [1.82, 2.24) is 4.90 Å². The highest BCUT2D eigenvalue weighted by molar-refractivity contribution is 6.33. The Balaban J connectivity index is 2.08. The van der Waals surface area contributed by atoms with Gasteiger partial charge >= 0.3 is 0 Å². The van der Waals surface area contributed by atoms with E-state index in [0.29, 0.717) is 42.2 Å². The highest BCUT2D eigenvalue weighted by Gasteiger charge is 2.36. The Morgan fingerprint density at radius 1 is 1.43 bits per heavy atom. The van der Waals surface area contributed by atoms with E-state index >= 15 is 0 Å². The molecule has 2 unspecified atom stereocenters. The summed E-state index contributed by atoms with van der Waals surface area (Å²) < 4.78 is 16.9. The van der Waals surface area contributed by atoms with Gasteiger partial charge in [-0.1, -0.05) is 11.6 Å². The minimum atomic E-state index is 0.177. The Bertz CT molecular complexity index is 538. The molecule has 0 bridgehead atoms. The van der Waals surface area contributed by atoms with Crippen molar-refractivity contribution in [2.75, 3.05) is 40.5 Å². The summed E-state index contributed by atoms with van der Waals surface area (Å²) >= 11 is 6.56. The molecule has 2 aliphatic rings. The molecule has 2 N–H and O–H groups in total. The number of likely N-dealkylation sites (tertiary alicyclic amines) is 1. The van der Waals surface area contributed by atoms with E-state index in [2.05, 4.69) is 11.9 Å². The molecule has 1 fully saturated rings. The van der Waals surface area contributed by atoms with Crippen molar-refractivity contribution in [3.8, 4) is 17.2 Å². The summed E-state index contributed by atoms with van der Waals surface area (Å²) in [7, 11) is 3.70. The third-order valence-electron chi connectivity index (χ3n) is 4.29. The van der Waals surface area contributed by atoms with E-state index in [-0.39, 0.29) is 6.04 Å². The van der Waals surface area contributed by atoms with Crippen molar-refractivity contribution in [2.24, 2.45) is 11.7 Å². The summed E-state index contributed by atoms with van der Waals surface area (Å²) in [4.78, 5) is 2.27. The van der Waals surface area contributed by atoms with E-state index in [0.717, 1.165) is 24.3 Å². The molecule has 1 aromatic rings. The number of nitrogens with two attached hydrogens (primary N) is 1. The molecule has 5 nitrogen and oxygen atoms in total. The van der Waals surface area contributed by atoms with Crippen LogP contribution < -0.4 is 19.9 Å². The van der Waals surface area contributed by atoms with Gasteiger partial charge in [0.15, 0.2) is 11.5 Å². The molecule has 6 heteroatoms. The molecular formula is C15H21ClN2O3. The van der Waals surface area contributed by atoms with Crippen LogP contribution in [0.1, 0.15) is 18.0 Å². The van der Waals surface area contributed by atoms with Crippen molar-refractivity contribution >= 4 is 11.6 Å². The van der Waals surface area contributed by atoms with Crippen molar-refractivity contribution < 1.29 is 14.2 Å². The molecule has 3 rings (SSSR count). The molecule has 1 saturated heterocycles. The highest BCUT2D eigenvalue weighted by Crippen LogP contribution is 2.50. The number of halogens is 1. The van der Waals surface area contributed by atoms with Gasteiger partial charge in [-0.25, -0.2) is 0 Å². The van der Waals surface area contributed by atoms with E-state index in [4.69, 9.17) is 31.5 Å². The van der Waals surface area contributed by atoms with E-state index in [1.807, 2.05) is 0 Å². The van der Waals surface area contributed by atoms with E-state index in [9.17, 15) is 0 Å². The van der Waals surface area contributed by atoms with Crippen LogP contribution in [0.5, 0.6) is 17.2 Å². The molecule has 116 valence electrons. The summed E-state index contributed by atoms with van der Waals surface area (Å²) in [6.45, 7) is 2.73. The second-order valence-corrected chi connectivity index (χ2v) is 6.00. The van der Waals surface area contributed by atoms with Crippen LogP contribution in [0.4, 0.5) is 0 Å². The number of rotatable bonds is 3. The maximum absolute atomic E-state index is 6.56. The van der Waals surface area contributed by atoms with Crippen LogP contribution >= 0.6 is 11.6 Å². The molecule has 2 atom stereocenters. The number of nitrogens with zero attached hydrogens (tertiary/aromatic N) is 1. The van der Waals surface area contributed by atoms with Gasteiger partial charge in [-0.15, -0.1) is 0 Å². The fraction of sp³-hybridized carbons (Fsp3) is 0.600. The monoisotopic (exact) mass is 312 g/mol. The van der Waals surface area contributed by atoms with Gasteiger partial charge in [0.2, 0.25) is 0 Å². The zero-order valence-electron chi connectivity index (χ0n) is 12.4. The second-order valence-electron chi connectivity index (χ2n) is 5.62. The SMILES string of the molecule is COc1cc2c(c(C3CC(CN)CN3C)c1Cl)OCCO2. The molecule has 0 radical (unpaired) electrons. The van der Waals surface area contributed by atoms with Gasteiger partial charge in [0.25, 0.3) is 0 Å². The Morgan fingerprint density at radius 3 is 2.86 bits per heavy atom. The van der Waals surface area contributed by atoms with Gasteiger partial charge in [-0.2, -0.15) is 0 Å². The summed E-state index contributed by atoms with van der Waals surface area (Å²) in [6, 6.07) is 1.98. The van der Waals surface area contributed by atoms with Gasteiger partial charge in [-0.3, -0.25) is 4.90 Å². The molecule has 0 aromatic heterocycles. The first-order valence-corrected chi connectivity index (χ1v) is 7.59. The lowest BCUT2D eigenvalue weighted by Gasteiger charge is -2.28. The quantitative estimate of drug-likeness (QED) is 0.926. The predicted molar refractivity (Wildman–Crippen MR) is 81.5 cm³/mol. The van der Waals surface area contributed by atoms with Crippen LogP contribution in [0, 0.1) is 5.92 Å².